The molecule has 1 aliphatic rings. The summed E-state index contributed by atoms with van der Waals surface area (Å²) in [6.07, 6.45) is 2.66. The van der Waals surface area contributed by atoms with Crippen LogP contribution in [-0.2, 0) is 0 Å². The zero-order chi connectivity index (χ0) is 17.2. The maximum Gasteiger partial charge on any atom is 0.317 e. The Hall–Kier alpha value is -2.01. The highest BCUT2D eigenvalue weighted by molar-refractivity contribution is 5.78. The molecule has 130 valence electrons. The van der Waals surface area contributed by atoms with Crippen LogP contribution in [0.5, 0.6) is 0 Å². The molecule has 5 nitrogen and oxygen atoms in total. The molecule has 2 aromatic rings. The van der Waals surface area contributed by atoms with Gasteiger partial charge in [-0.15, -0.1) is 0 Å². The molecule has 1 unspecified atom stereocenters. The van der Waals surface area contributed by atoms with Gasteiger partial charge in [0.05, 0.1) is 6.04 Å². The van der Waals surface area contributed by atoms with Gasteiger partial charge in [0, 0.05) is 25.1 Å². The summed E-state index contributed by atoms with van der Waals surface area (Å²) < 4.78 is 5.82. The number of nitrogens with zero attached hydrogens (tertiary/aromatic N) is 1. The Balaban J connectivity index is 1.60. The van der Waals surface area contributed by atoms with E-state index in [1.807, 2.05) is 42.2 Å². The molecule has 0 spiro atoms. The van der Waals surface area contributed by atoms with E-state index in [-0.39, 0.29) is 24.1 Å². The third-order valence-electron chi connectivity index (χ3n) is 5.41. The highest BCUT2D eigenvalue weighted by Gasteiger charge is 2.34. The number of aliphatic hydroxyl groups excluding tert-OH is 1. The van der Waals surface area contributed by atoms with E-state index >= 15 is 0 Å². The highest BCUT2D eigenvalue weighted by atomic mass is 16.3. The molecule has 1 aromatic carbocycles. The number of nitrogens with one attached hydrogen (secondary N) is 1. The molecule has 5 heteroatoms. The van der Waals surface area contributed by atoms with Crippen LogP contribution < -0.4 is 5.32 Å². The van der Waals surface area contributed by atoms with Gasteiger partial charge in [-0.05, 0) is 43.7 Å². The lowest BCUT2D eigenvalue weighted by Crippen LogP contribution is -2.48. The van der Waals surface area contributed by atoms with Crippen LogP contribution in [0, 0.1) is 5.41 Å². The van der Waals surface area contributed by atoms with Gasteiger partial charge >= 0.3 is 6.03 Å². The zero-order valence-corrected chi connectivity index (χ0v) is 14.4. The van der Waals surface area contributed by atoms with Crippen LogP contribution in [0.25, 0.3) is 11.0 Å². The standard InChI is InChI=1S/C19H26N2O3/c1-3-19(13-22)8-10-21(11-9-19)18(23)20-14(2)17-12-15-6-4-5-7-16(15)24-17/h4-7,12,14,22H,3,8-11,13H2,1-2H3,(H,20,23). The summed E-state index contributed by atoms with van der Waals surface area (Å²) in [5, 5.41) is 13.7. The Labute approximate surface area is 142 Å². The molecule has 0 bridgehead atoms. The SMILES string of the molecule is CCC1(CO)CCN(C(=O)NC(C)c2cc3ccccc3o2)CC1. The van der Waals surface area contributed by atoms with Crippen LogP contribution in [0.2, 0.25) is 0 Å². The number of rotatable bonds is 4. The monoisotopic (exact) mass is 330 g/mol. The Bertz CT molecular complexity index is 662. The van der Waals surface area contributed by atoms with Crippen molar-refractivity contribution in [2.24, 2.45) is 5.41 Å². The Morgan fingerprint density at radius 1 is 1.38 bits per heavy atom. The lowest BCUT2D eigenvalue weighted by molar-refractivity contribution is 0.0514. The van der Waals surface area contributed by atoms with Crippen molar-refractivity contribution >= 4 is 17.0 Å². The van der Waals surface area contributed by atoms with Crippen LogP contribution in [0.15, 0.2) is 34.7 Å². The lowest BCUT2D eigenvalue weighted by atomic mass is 9.77. The second-order valence-electron chi connectivity index (χ2n) is 6.86. The summed E-state index contributed by atoms with van der Waals surface area (Å²) in [5.41, 5.74) is 0.823. The van der Waals surface area contributed by atoms with Crippen LogP contribution in [-0.4, -0.2) is 35.7 Å². The molecule has 0 aliphatic carbocycles. The molecule has 24 heavy (non-hydrogen) atoms. The van der Waals surface area contributed by atoms with Crippen LogP contribution in [0.4, 0.5) is 4.79 Å². The molecule has 3 rings (SSSR count). The van der Waals surface area contributed by atoms with Crippen molar-refractivity contribution in [1.29, 1.82) is 0 Å². The first-order valence-corrected chi connectivity index (χ1v) is 8.72. The number of carbonyl (C=O) groups is 1. The fourth-order valence-corrected chi connectivity index (χ4v) is 3.37. The molecular weight excluding hydrogens is 304 g/mol. The number of piperidine rings is 1. The molecule has 1 saturated heterocycles. The second kappa shape index (κ2) is 6.85. The van der Waals surface area contributed by atoms with Crippen LogP contribution in [0.1, 0.15) is 44.9 Å². The molecule has 2 amide bonds. The van der Waals surface area contributed by atoms with Crippen LogP contribution >= 0.6 is 0 Å². The minimum atomic E-state index is -0.180. The number of aliphatic hydroxyl groups is 1. The number of likely N-dealkylation sites (tertiary alicyclic amines) is 1. The molecular formula is C19H26N2O3. The minimum absolute atomic E-state index is 0.0128. The summed E-state index contributed by atoms with van der Waals surface area (Å²) in [6.45, 7) is 5.62. The van der Waals surface area contributed by atoms with E-state index in [4.69, 9.17) is 4.42 Å². The number of para-hydroxylation sites is 1. The lowest BCUT2D eigenvalue weighted by Gasteiger charge is -2.40. The fraction of sp³-hybridized carbons (Fsp3) is 0.526. The summed E-state index contributed by atoms with van der Waals surface area (Å²) in [5.74, 6) is 0.764. The van der Waals surface area contributed by atoms with Crippen molar-refractivity contribution in [3.05, 3.63) is 36.1 Å². The maximum absolute atomic E-state index is 12.5. The van der Waals surface area contributed by atoms with E-state index in [1.165, 1.54) is 0 Å². The highest BCUT2D eigenvalue weighted by Crippen LogP contribution is 2.34. The minimum Gasteiger partial charge on any atom is -0.459 e. The number of hydrogen-bond donors (Lipinski definition) is 2. The zero-order valence-electron chi connectivity index (χ0n) is 14.4. The number of urea groups is 1. The smallest absolute Gasteiger partial charge is 0.317 e. The average Bonchev–Trinajstić information content (AvgIpc) is 3.06. The average molecular weight is 330 g/mol. The predicted octanol–water partition coefficient (Wildman–Crippen LogP) is 3.69. The van der Waals surface area contributed by atoms with E-state index in [2.05, 4.69) is 12.2 Å². The first kappa shape index (κ1) is 16.8. The quantitative estimate of drug-likeness (QED) is 0.898. The molecule has 2 heterocycles. The predicted molar refractivity (Wildman–Crippen MR) is 93.8 cm³/mol. The first-order valence-electron chi connectivity index (χ1n) is 8.72. The largest absolute Gasteiger partial charge is 0.459 e. The van der Waals surface area contributed by atoms with E-state index in [1.54, 1.807) is 0 Å². The first-order chi connectivity index (χ1) is 11.6. The molecule has 0 radical (unpaired) electrons. The molecule has 2 N–H and O–H groups in total. The Kier molecular flexibility index (Phi) is 4.81. The van der Waals surface area contributed by atoms with E-state index < -0.39 is 0 Å². The number of amides is 2. The van der Waals surface area contributed by atoms with Gasteiger partial charge in [-0.1, -0.05) is 25.1 Å². The fourth-order valence-electron chi connectivity index (χ4n) is 3.37. The van der Waals surface area contributed by atoms with Gasteiger partial charge in [0.25, 0.3) is 0 Å². The van der Waals surface area contributed by atoms with E-state index in [9.17, 15) is 9.90 Å². The number of carbonyl (C=O) groups excluding carboxylic acids is 1. The molecule has 1 atom stereocenters. The van der Waals surface area contributed by atoms with Gasteiger partial charge in [-0.25, -0.2) is 4.79 Å². The molecule has 1 fully saturated rings. The van der Waals surface area contributed by atoms with Gasteiger partial charge in [0.1, 0.15) is 11.3 Å². The van der Waals surface area contributed by atoms with Gasteiger partial charge in [0.2, 0.25) is 0 Å². The van der Waals surface area contributed by atoms with Crippen molar-refractivity contribution in [3.8, 4) is 0 Å². The molecule has 0 saturated carbocycles. The number of fused-ring (bicyclic) bond motifs is 1. The summed E-state index contributed by atoms with van der Waals surface area (Å²) >= 11 is 0. The second-order valence-corrected chi connectivity index (χ2v) is 6.86. The van der Waals surface area contributed by atoms with Crippen molar-refractivity contribution in [2.75, 3.05) is 19.7 Å². The van der Waals surface area contributed by atoms with Gasteiger partial charge in [-0.3, -0.25) is 0 Å². The van der Waals surface area contributed by atoms with Gasteiger partial charge in [-0.2, -0.15) is 0 Å². The number of hydrogen-bond acceptors (Lipinski definition) is 3. The van der Waals surface area contributed by atoms with Crippen molar-refractivity contribution in [3.63, 3.8) is 0 Å². The van der Waals surface area contributed by atoms with Crippen molar-refractivity contribution < 1.29 is 14.3 Å². The normalized spacial score (nSPS) is 18.5. The third kappa shape index (κ3) is 3.26. The summed E-state index contributed by atoms with van der Waals surface area (Å²) in [4.78, 5) is 14.3. The summed E-state index contributed by atoms with van der Waals surface area (Å²) in [7, 11) is 0. The third-order valence-corrected chi connectivity index (χ3v) is 5.41. The van der Waals surface area contributed by atoms with E-state index in [0.717, 1.165) is 36.0 Å². The van der Waals surface area contributed by atoms with Crippen LogP contribution in [0.3, 0.4) is 0 Å². The summed E-state index contributed by atoms with van der Waals surface area (Å²) in [6, 6.07) is 9.57. The van der Waals surface area contributed by atoms with E-state index in [0.29, 0.717) is 13.1 Å². The van der Waals surface area contributed by atoms with Crippen molar-refractivity contribution in [2.45, 2.75) is 39.2 Å². The Morgan fingerprint density at radius 3 is 2.71 bits per heavy atom. The number of benzene rings is 1. The van der Waals surface area contributed by atoms with Gasteiger partial charge in [0.15, 0.2) is 0 Å². The van der Waals surface area contributed by atoms with Gasteiger partial charge < -0.3 is 19.7 Å². The number of furan rings is 1. The van der Waals surface area contributed by atoms with Crippen molar-refractivity contribution in [1.82, 2.24) is 10.2 Å². The maximum atomic E-state index is 12.5. The molecule has 1 aliphatic heterocycles. The topological polar surface area (TPSA) is 65.7 Å². The Morgan fingerprint density at radius 2 is 2.08 bits per heavy atom. The molecule has 1 aromatic heterocycles.